The molecule has 1 rings (SSSR count). The summed E-state index contributed by atoms with van der Waals surface area (Å²) in [6, 6.07) is 5.68. The maximum Gasteiger partial charge on any atom is 0.165 e. The molecule has 0 radical (unpaired) electrons. The predicted molar refractivity (Wildman–Crippen MR) is 83.1 cm³/mol. The number of ether oxygens (including phenoxy) is 2. The first-order valence-electron chi connectivity index (χ1n) is 6.87. The molecule has 3 heteroatoms. The number of hydrogen-bond donors (Lipinski definition) is 1. The second-order valence-electron chi connectivity index (χ2n) is 5.20. The fourth-order valence-corrected chi connectivity index (χ4v) is 2.31. The topological polar surface area (TPSA) is 44.5 Å². The molecule has 0 saturated carbocycles. The highest BCUT2D eigenvalue weighted by atomic mass is 16.5. The molecule has 0 aromatic heterocycles. The molecule has 0 spiro atoms. The van der Waals surface area contributed by atoms with Gasteiger partial charge in [0.05, 0.1) is 14.2 Å². The first-order chi connectivity index (χ1) is 9.54. The minimum absolute atomic E-state index is 0.114. The van der Waals surface area contributed by atoms with Gasteiger partial charge >= 0.3 is 0 Å². The Labute approximate surface area is 122 Å². The monoisotopic (exact) mass is 275 g/mol. The zero-order valence-corrected chi connectivity index (χ0v) is 12.8. The van der Waals surface area contributed by atoms with E-state index < -0.39 is 0 Å². The van der Waals surface area contributed by atoms with Crippen LogP contribution in [-0.4, -0.2) is 14.2 Å². The fraction of sp³-hybridized carbons (Fsp3) is 0.471. The molecule has 1 aromatic rings. The summed E-state index contributed by atoms with van der Waals surface area (Å²) in [5.74, 6) is 2.26. The number of hydrogen-bond acceptors (Lipinski definition) is 3. The van der Waals surface area contributed by atoms with Crippen LogP contribution in [0.5, 0.6) is 11.5 Å². The molecule has 3 nitrogen and oxygen atoms in total. The van der Waals surface area contributed by atoms with E-state index in [4.69, 9.17) is 15.2 Å². The van der Waals surface area contributed by atoms with Crippen LogP contribution >= 0.6 is 0 Å². The highest BCUT2D eigenvalue weighted by Crippen LogP contribution is 2.36. The Morgan fingerprint density at radius 2 is 2.00 bits per heavy atom. The van der Waals surface area contributed by atoms with Crippen LogP contribution in [0.3, 0.4) is 0 Å². The standard InChI is InChI=1S/C17H25NO2/c1-6-8-13(12(2)3)11-15(18)14-9-7-10-16(19-4)17(14)20-5/h7-10,12-13,15H,1,11,18H2,2-5H3. The molecule has 0 aliphatic carbocycles. The van der Waals surface area contributed by atoms with Crippen molar-refractivity contribution >= 4 is 0 Å². The van der Waals surface area contributed by atoms with Gasteiger partial charge in [0.2, 0.25) is 0 Å². The molecule has 0 saturated heterocycles. The maximum atomic E-state index is 6.36. The Balaban J connectivity index is 3.02. The van der Waals surface area contributed by atoms with Crippen LogP contribution in [0, 0.1) is 11.8 Å². The van der Waals surface area contributed by atoms with Crippen LogP contribution in [0.2, 0.25) is 0 Å². The average Bonchev–Trinajstić information content (AvgIpc) is 2.45. The zero-order chi connectivity index (χ0) is 15.1. The van der Waals surface area contributed by atoms with Gasteiger partial charge in [-0.05, 0) is 30.4 Å². The molecule has 2 N–H and O–H groups in total. The van der Waals surface area contributed by atoms with E-state index in [1.54, 1.807) is 14.2 Å². The van der Waals surface area contributed by atoms with Crippen molar-refractivity contribution < 1.29 is 9.47 Å². The van der Waals surface area contributed by atoms with Crippen LogP contribution < -0.4 is 15.2 Å². The average molecular weight is 275 g/mol. The summed E-state index contributed by atoms with van der Waals surface area (Å²) in [6.07, 6.45) is 2.82. The lowest BCUT2D eigenvalue weighted by Gasteiger charge is -2.23. The molecule has 110 valence electrons. The van der Waals surface area contributed by atoms with Gasteiger partial charge in [-0.2, -0.15) is 0 Å². The lowest BCUT2D eigenvalue weighted by Crippen LogP contribution is -2.18. The number of rotatable bonds is 7. The third-order valence-corrected chi connectivity index (χ3v) is 3.55. The van der Waals surface area contributed by atoms with Gasteiger partial charge in [0.15, 0.2) is 11.5 Å². The van der Waals surface area contributed by atoms with Crippen molar-refractivity contribution in [3.63, 3.8) is 0 Å². The second-order valence-corrected chi connectivity index (χ2v) is 5.20. The largest absolute Gasteiger partial charge is 0.493 e. The summed E-state index contributed by atoms with van der Waals surface area (Å²) in [6.45, 7) is 8.01. The van der Waals surface area contributed by atoms with E-state index in [9.17, 15) is 0 Å². The molecular formula is C17H25NO2. The van der Waals surface area contributed by atoms with Crippen LogP contribution in [0.4, 0.5) is 0 Å². The van der Waals surface area contributed by atoms with Gasteiger partial charge in [0.1, 0.15) is 0 Å². The molecule has 0 amide bonds. The van der Waals surface area contributed by atoms with Gasteiger partial charge in [-0.25, -0.2) is 0 Å². The minimum atomic E-state index is -0.114. The molecule has 2 unspecified atom stereocenters. The van der Waals surface area contributed by atoms with Gasteiger partial charge in [-0.1, -0.05) is 32.6 Å². The number of nitrogens with two attached hydrogens (primary N) is 1. The number of methoxy groups -OCH3 is 2. The van der Waals surface area contributed by atoms with Crippen LogP contribution in [0.1, 0.15) is 31.9 Å². The van der Waals surface area contributed by atoms with Crippen molar-refractivity contribution in [3.8, 4) is 11.5 Å². The molecule has 0 heterocycles. The highest BCUT2D eigenvalue weighted by Gasteiger charge is 2.20. The van der Waals surface area contributed by atoms with Gasteiger partial charge < -0.3 is 15.2 Å². The summed E-state index contributed by atoms with van der Waals surface area (Å²) in [7, 11) is 3.27. The molecule has 0 bridgehead atoms. The molecule has 20 heavy (non-hydrogen) atoms. The summed E-state index contributed by atoms with van der Waals surface area (Å²) in [5, 5.41) is 0. The molecular weight excluding hydrogens is 250 g/mol. The molecule has 2 atom stereocenters. The van der Waals surface area contributed by atoms with E-state index in [0.717, 1.165) is 12.0 Å². The normalized spacial score (nSPS) is 13.5. The molecule has 0 aliphatic rings. The minimum Gasteiger partial charge on any atom is -0.493 e. The van der Waals surface area contributed by atoms with Crippen molar-refractivity contribution in [2.75, 3.05) is 14.2 Å². The first kappa shape index (κ1) is 16.4. The van der Waals surface area contributed by atoms with E-state index in [0.29, 0.717) is 23.3 Å². The Bertz CT molecular complexity index is 476. The molecule has 0 aliphatic heterocycles. The molecule has 0 fully saturated rings. The Kier molecular flexibility index (Phi) is 6.37. The van der Waals surface area contributed by atoms with Gasteiger partial charge in [0, 0.05) is 11.6 Å². The number of benzene rings is 1. The van der Waals surface area contributed by atoms with Gasteiger partial charge in [-0.15, -0.1) is 5.73 Å². The highest BCUT2D eigenvalue weighted by molar-refractivity contribution is 5.48. The third-order valence-electron chi connectivity index (χ3n) is 3.55. The van der Waals surface area contributed by atoms with Crippen LogP contribution in [0.15, 0.2) is 36.6 Å². The third kappa shape index (κ3) is 3.89. The van der Waals surface area contributed by atoms with Crippen molar-refractivity contribution in [3.05, 3.63) is 42.1 Å². The van der Waals surface area contributed by atoms with Gasteiger partial charge in [0.25, 0.3) is 0 Å². The summed E-state index contributed by atoms with van der Waals surface area (Å²) in [5.41, 5.74) is 10.2. The maximum absolute atomic E-state index is 6.36. The van der Waals surface area contributed by atoms with Crippen molar-refractivity contribution in [1.82, 2.24) is 0 Å². The van der Waals surface area contributed by atoms with E-state index in [1.807, 2.05) is 24.3 Å². The fourth-order valence-electron chi connectivity index (χ4n) is 2.31. The first-order valence-corrected chi connectivity index (χ1v) is 6.87. The van der Waals surface area contributed by atoms with Crippen molar-refractivity contribution in [2.24, 2.45) is 17.6 Å². The quantitative estimate of drug-likeness (QED) is 0.772. The Morgan fingerprint density at radius 3 is 2.50 bits per heavy atom. The lowest BCUT2D eigenvalue weighted by molar-refractivity contribution is 0.343. The second kappa shape index (κ2) is 7.78. The SMILES string of the molecule is C=C=CC(CC(N)c1cccc(OC)c1OC)C(C)C. The Hall–Kier alpha value is -1.70. The van der Waals surface area contributed by atoms with E-state index in [-0.39, 0.29) is 6.04 Å². The summed E-state index contributed by atoms with van der Waals surface area (Å²) < 4.78 is 10.8. The van der Waals surface area contributed by atoms with E-state index >= 15 is 0 Å². The lowest BCUT2D eigenvalue weighted by atomic mass is 9.87. The summed E-state index contributed by atoms with van der Waals surface area (Å²) >= 11 is 0. The zero-order valence-electron chi connectivity index (χ0n) is 12.8. The van der Waals surface area contributed by atoms with Gasteiger partial charge in [-0.3, -0.25) is 0 Å². The molecule has 1 aromatic carbocycles. The van der Waals surface area contributed by atoms with Crippen LogP contribution in [-0.2, 0) is 0 Å². The van der Waals surface area contributed by atoms with Crippen LogP contribution in [0.25, 0.3) is 0 Å². The summed E-state index contributed by atoms with van der Waals surface area (Å²) in [4.78, 5) is 0. The van der Waals surface area contributed by atoms with Crippen molar-refractivity contribution in [1.29, 1.82) is 0 Å². The number of para-hydroxylation sites is 1. The smallest absolute Gasteiger partial charge is 0.165 e. The predicted octanol–water partition coefficient (Wildman–Crippen LogP) is 3.71. The van der Waals surface area contributed by atoms with E-state index in [1.165, 1.54) is 0 Å². The van der Waals surface area contributed by atoms with E-state index in [2.05, 4.69) is 26.2 Å². The van der Waals surface area contributed by atoms with Crippen molar-refractivity contribution in [2.45, 2.75) is 26.3 Å². The number of allylic oxidation sites excluding steroid dienone is 1. The Morgan fingerprint density at radius 1 is 1.30 bits per heavy atom.